The van der Waals surface area contributed by atoms with Crippen LogP contribution in [0.1, 0.15) is 23.7 Å². The van der Waals surface area contributed by atoms with Crippen LogP contribution in [0.3, 0.4) is 0 Å². The van der Waals surface area contributed by atoms with E-state index in [1.807, 2.05) is 6.92 Å². The molecule has 0 atom stereocenters. The molecule has 0 saturated heterocycles. The summed E-state index contributed by atoms with van der Waals surface area (Å²) in [6.45, 7) is 2.34. The van der Waals surface area contributed by atoms with Crippen LogP contribution in [0.2, 0.25) is 0 Å². The van der Waals surface area contributed by atoms with Gasteiger partial charge in [0.15, 0.2) is 0 Å². The Morgan fingerprint density at radius 2 is 1.93 bits per heavy atom. The van der Waals surface area contributed by atoms with Crippen molar-refractivity contribution in [2.75, 3.05) is 6.61 Å². The van der Waals surface area contributed by atoms with Gasteiger partial charge in [-0.25, -0.2) is 4.79 Å². The number of carbonyl (C=O) groups excluding carboxylic acids is 1. The van der Waals surface area contributed by atoms with Crippen molar-refractivity contribution >= 4 is 5.97 Å². The Balaban J connectivity index is 0.00000169. The maximum Gasteiger partial charge on any atom is 1.00 e. The zero-order valence-corrected chi connectivity index (χ0v) is 11.6. The largest absolute Gasteiger partial charge is 1.00 e. The van der Waals surface area contributed by atoms with E-state index >= 15 is 0 Å². The minimum Gasteiger partial charge on any atom is -0.872 e. The third kappa shape index (κ3) is 4.57. The van der Waals surface area contributed by atoms with Crippen molar-refractivity contribution in [3.05, 3.63) is 29.8 Å². The third-order valence-corrected chi connectivity index (χ3v) is 1.53. The summed E-state index contributed by atoms with van der Waals surface area (Å²) in [5, 5.41) is 10.7. The van der Waals surface area contributed by atoms with Crippen LogP contribution in [-0.4, -0.2) is 12.6 Å². The van der Waals surface area contributed by atoms with Gasteiger partial charge < -0.3 is 9.84 Å². The number of carbonyl (C=O) groups is 1. The average molecular weight is 218 g/mol. The molecule has 70 valence electrons. The smallest absolute Gasteiger partial charge is 0.872 e. The molecule has 4 heteroatoms. The first-order chi connectivity index (χ1) is 6.24. The van der Waals surface area contributed by atoms with E-state index in [0.29, 0.717) is 12.2 Å². The molecule has 0 aromatic heterocycles. The third-order valence-electron chi connectivity index (χ3n) is 1.53. The van der Waals surface area contributed by atoms with Gasteiger partial charge in [0.2, 0.25) is 0 Å². The molecule has 3 nitrogen and oxygen atoms in total. The van der Waals surface area contributed by atoms with E-state index in [0.717, 1.165) is 6.42 Å². The van der Waals surface area contributed by atoms with Crippen LogP contribution >= 0.6 is 0 Å². The Bertz CT molecular complexity index is 282. The zero-order chi connectivity index (χ0) is 9.68. The topological polar surface area (TPSA) is 49.4 Å². The number of esters is 1. The van der Waals surface area contributed by atoms with Crippen LogP contribution in [0, 0.1) is 0 Å². The molecule has 0 amide bonds. The van der Waals surface area contributed by atoms with Crippen molar-refractivity contribution < 1.29 is 66.0 Å². The van der Waals surface area contributed by atoms with Crippen LogP contribution in [-0.2, 0) is 4.74 Å². The van der Waals surface area contributed by atoms with Gasteiger partial charge in [-0.2, -0.15) is 0 Å². The second-order valence-electron chi connectivity index (χ2n) is 2.66. The van der Waals surface area contributed by atoms with Crippen molar-refractivity contribution in [2.24, 2.45) is 0 Å². The maximum absolute atomic E-state index is 11.2. The summed E-state index contributed by atoms with van der Waals surface area (Å²) in [4.78, 5) is 11.2. The van der Waals surface area contributed by atoms with E-state index in [9.17, 15) is 9.90 Å². The van der Waals surface area contributed by atoms with Crippen molar-refractivity contribution in [3.63, 3.8) is 0 Å². The molecule has 0 aliphatic heterocycles. The first-order valence-electron chi connectivity index (χ1n) is 4.18. The van der Waals surface area contributed by atoms with Crippen molar-refractivity contribution in [3.8, 4) is 5.75 Å². The molecular weight excluding hydrogens is 207 g/mol. The minimum absolute atomic E-state index is 0. The predicted molar refractivity (Wildman–Crippen MR) is 46.5 cm³/mol. The fourth-order valence-corrected chi connectivity index (χ4v) is 0.869. The van der Waals surface area contributed by atoms with Crippen LogP contribution in [0.25, 0.3) is 0 Å². The van der Waals surface area contributed by atoms with Gasteiger partial charge in [-0.3, -0.25) is 0 Å². The van der Waals surface area contributed by atoms with E-state index in [1.54, 1.807) is 0 Å². The average Bonchev–Trinajstić information content (AvgIpc) is 2.15. The standard InChI is InChI=1S/C10H12O3.K/c1-2-7-13-10(12)8-3-5-9(11)6-4-8;/h3-6,11H,2,7H2,1H3;/q;+1/p-1. The molecule has 0 spiro atoms. The van der Waals surface area contributed by atoms with Crippen LogP contribution < -0.4 is 56.5 Å². The number of hydrogen-bond acceptors (Lipinski definition) is 3. The Morgan fingerprint density at radius 1 is 1.36 bits per heavy atom. The molecule has 1 aromatic rings. The Morgan fingerprint density at radius 3 is 2.43 bits per heavy atom. The molecule has 0 aliphatic carbocycles. The molecular formula is C10H11KO3. The van der Waals surface area contributed by atoms with Gasteiger partial charge in [0, 0.05) is 0 Å². The van der Waals surface area contributed by atoms with Gasteiger partial charge in [-0.15, -0.1) is 5.75 Å². The van der Waals surface area contributed by atoms with Gasteiger partial charge in [-0.1, -0.05) is 19.1 Å². The maximum atomic E-state index is 11.2. The minimum atomic E-state index is -0.373. The van der Waals surface area contributed by atoms with Crippen molar-refractivity contribution in [1.29, 1.82) is 0 Å². The molecule has 0 fully saturated rings. The number of benzene rings is 1. The number of rotatable bonds is 3. The van der Waals surface area contributed by atoms with E-state index in [1.165, 1.54) is 24.3 Å². The Hall–Kier alpha value is 0.126. The van der Waals surface area contributed by atoms with Crippen molar-refractivity contribution in [1.82, 2.24) is 0 Å². The summed E-state index contributed by atoms with van der Waals surface area (Å²) in [7, 11) is 0. The summed E-state index contributed by atoms with van der Waals surface area (Å²) >= 11 is 0. The molecule has 0 unspecified atom stereocenters. The summed E-state index contributed by atoms with van der Waals surface area (Å²) < 4.78 is 4.88. The molecule has 0 heterocycles. The SMILES string of the molecule is CCCOC(=O)c1ccc([O-])cc1.[K+]. The van der Waals surface area contributed by atoms with Gasteiger partial charge >= 0.3 is 57.4 Å². The Kier molecular flexibility index (Phi) is 7.49. The zero-order valence-electron chi connectivity index (χ0n) is 8.45. The molecule has 0 bridgehead atoms. The van der Waals surface area contributed by atoms with Gasteiger partial charge in [0.05, 0.1) is 12.2 Å². The van der Waals surface area contributed by atoms with Crippen LogP contribution in [0.5, 0.6) is 5.75 Å². The fourth-order valence-electron chi connectivity index (χ4n) is 0.869. The summed E-state index contributed by atoms with van der Waals surface area (Å²) in [6.07, 6.45) is 0.797. The van der Waals surface area contributed by atoms with Crippen LogP contribution in [0.4, 0.5) is 0 Å². The van der Waals surface area contributed by atoms with Gasteiger partial charge in [0.1, 0.15) is 0 Å². The van der Waals surface area contributed by atoms with E-state index < -0.39 is 0 Å². The molecule has 1 aromatic carbocycles. The monoisotopic (exact) mass is 218 g/mol. The molecule has 14 heavy (non-hydrogen) atoms. The molecule has 1 rings (SSSR count). The second-order valence-corrected chi connectivity index (χ2v) is 2.66. The first kappa shape index (κ1) is 14.1. The summed E-state index contributed by atoms with van der Waals surface area (Å²) in [6, 6.07) is 5.64. The van der Waals surface area contributed by atoms with Crippen molar-refractivity contribution in [2.45, 2.75) is 13.3 Å². The fraction of sp³-hybridized carbons (Fsp3) is 0.300. The van der Waals surface area contributed by atoms with Gasteiger partial charge in [-0.05, 0) is 18.6 Å². The quantitative estimate of drug-likeness (QED) is 0.450. The first-order valence-corrected chi connectivity index (χ1v) is 4.18. The van der Waals surface area contributed by atoms with E-state index in [2.05, 4.69) is 0 Å². The van der Waals surface area contributed by atoms with E-state index in [4.69, 9.17) is 4.74 Å². The van der Waals surface area contributed by atoms with Gasteiger partial charge in [0.25, 0.3) is 0 Å². The normalized spacial score (nSPS) is 8.93. The number of ether oxygens (including phenoxy) is 1. The molecule has 0 radical (unpaired) electrons. The molecule has 0 aliphatic rings. The predicted octanol–water partition coefficient (Wildman–Crippen LogP) is -1.67. The number of hydrogen-bond donors (Lipinski definition) is 0. The Labute approximate surface area is 126 Å². The summed E-state index contributed by atoms with van der Waals surface area (Å²) in [5.74, 6) is -0.478. The second kappa shape index (κ2) is 7.42. The molecule has 0 N–H and O–H groups in total. The molecule has 0 saturated carbocycles. The van der Waals surface area contributed by atoms with Crippen LogP contribution in [0.15, 0.2) is 24.3 Å². The van der Waals surface area contributed by atoms with E-state index in [-0.39, 0.29) is 63.1 Å². The summed E-state index contributed by atoms with van der Waals surface area (Å²) in [5.41, 5.74) is 0.424.